The second-order valence-electron chi connectivity index (χ2n) is 8.50. The molecule has 1 atom stereocenters. The maximum absolute atomic E-state index is 13.9. The van der Waals surface area contributed by atoms with Gasteiger partial charge in [0.15, 0.2) is 0 Å². The quantitative estimate of drug-likeness (QED) is 0.408. The molecular weight excluding hydrogens is 454 g/mol. The van der Waals surface area contributed by atoms with E-state index >= 15 is 0 Å². The molecule has 0 amide bonds. The second kappa shape index (κ2) is 11.1. The minimum Gasteiger partial charge on any atom is -0.497 e. The number of benzene rings is 2. The van der Waals surface area contributed by atoms with Crippen LogP contribution in [-0.4, -0.2) is 49.6 Å². The summed E-state index contributed by atoms with van der Waals surface area (Å²) in [6, 6.07) is 12.8. The van der Waals surface area contributed by atoms with Crippen molar-refractivity contribution in [1.82, 2.24) is 13.9 Å². The van der Waals surface area contributed by atoms with Crippen LogP contribution in [0, 0.1) is 5.92 Å². The summed E-state index contributed by atoms with van der Waals surface area (Å²) in [4.78, 5) is 18.4. The van der Waals surface area contributed by atoms with Crippen LogP contribution >= 0.6 is 0 Å². The summed E-state index contributed by atoms with van der Waals surface area (Å²) in [7, 11) is -0.794. The van der Waals surface area contributed by atoms with E-state index in [1.807, 2.05) is 26.8 Å². The molecule has 184 valence electrons. The van der Waals surface area contributed by atoms with Gasteiger partial charge in [-0.25, -0.2) is 13.4 Å². The first-order chi connectivity index (χ1) is 16.2. The van der Waals surface area contributed by atoms with Crippen LogP contribution in [-0.2, 0) is 21.3 Å². The Morgan fingerprint density at radius 2 is 1.74 bits per heavy atom. The maximum atomic E-state index is 13.9. The van der Waals surface area contributed by atoms with Crippen LogP contribution in [0.3, 0.4) is 0 Å². The number of rotatable bonds is 11. The number of methoxy groups -OCH3 is 2. The number of hydrogen-bond acceptors (Lipinski definition) is 6. The zero-order chi connectivity index (χ0) is 24.9. The van der Waals surface area contributed by atoms with E-state index in [4.69, 9.17) is 14.5 Å². The van der Waals surface area contributed by atoms with Gasteiger partial charge in [0.2, 0.25) is 10.0 Å². The zero-order valence-electron chi connectivity index (χ0n) is 20.4. The van der Waals surface area contributed by atoms with Gasteiger partial charge in [-0.1, -0.05) is 32.9 Å². The lowest BCUT2D eigenvalue weighted by Crippen LogP contribution is -2.41. The van der Waals surface area contributed by atoms with Crippen molar-refractivity contribution in [2.75, 3.05) is 27.4 Å². The molecular formula is C25H33N3O5S. The molecule has 0 aliphatic carbocycles. The van der Waals surface area contributed by atoms with Crippen LogP contribution in [0.4, 0.5) is 0 Å². The van der Waals surface area contributed by atoms with E-state index in [9.17, 15) is 13.2 Å². The van der Waals surface area contributed by atoms with E-state index < -0.39 is 16.1 Å². The molecule has 1 unspecified atom stereocenters. The highest BCUT2D eigenvalue weighted by molar-refractivity contribution is 7.89. The Balaban J connectivity index is 2.22. The fourth-order valence-electron chi connectivity index (χ4n) is 3.99. The highest BCUT2D eigenvalue weighted by atomic mass is 32.2. The van der Waals surface area contributed by atoms with Gasteiger partial charge in [0, 0.05) is 13.7 Å². The Bertz CT molecular complexity index is 1270. The Kier molecular flexibility index (Phi) is 8.46. The van der Waals surface area contributed by atoms with Gasteiger partial charge in [-0.2, -0.15) is 4.31 Å². The Hall–Kier alpha value is -2.75. The van der Waals surface area contributed by atoms with Gasteiger partial charge in [-0.05, 0) is 48.7 Å². The average molecular weight is 488 g/mol. The summed E-state index contributed by atoms with van der Waals surface area (Å²) in [5, 5.41) is 0.491. The lowest BCUT2D eigenvalue weighted by molar-refractivity contribution is 0.181. The largest absolute Gasteiger partial charge is 0.497 e. The van der Waals surface area contributed by atoms with Crippen molar-refractivity contribution in [2.45, 2.75) is 44.7 Å². The summed E-state index contributed by atoms with van der Waals surface area (Å²) < 4.78 is 41.2. The number of ether oxygens (including phenoxy) is 2. The standard InChI is InChI=1S/C25H33N3O5S/c1-6-23(24-26-22-10-8-7-9-21(22)25(29)27(24)15-16-32-4)28(17-18(2)3)34(30,31)20-13-11-19(33-5)12-14-20/h7-14,18,23H,6,15-17H2,1-5H3. The monoisotopic (exact) mass is 487 g/mol. The normalized spacial score (nSPS) is 13.0. The minimum atomic E-state index is -3.89. The summed E-state index contributed by atoms with van der Waals surface area (Å²) >= 11 is 0. The Morgan fingerprint density at radius 3 is 2.32 bits per heavy atom. The van der Waals surface area contributed by atoms with E-state index in [0.717, 1.165) is 0 Å². The van der Waals surface area contributed by atoms with Crippen molar-refractivity contribution in [1.29, 1.82) is 0 Å². The number of hydrogen-bond donors (Lipinski definition) is 0. The van der Waals surface area contributed by atoms with Gasteiger partial charge < -0.3 is 9.47 Å². The summed E-state index contributed by atoms with van der Waals surface area (Å²) in [5.41, 5.74) is 0.336. The Labute approximate surface area is 201 Å². The van der Waals surface area contributed by atoms with Gasteiger partial charge in [0.05, 0.1) is 42.1 Å². The molecule has 2 aromatic carbocycles. The molecule has 0 aliphatic rings. The first kappa shape index (κ1) is 25.9. The van der Waals surface area contributed by atoms with Crippen molar-refractivity contribution >= 4 is 20.9 Å². The molecule has 0 fully saturated rings. The van der Waals surface area contributed by atoms with Gasteiger partial charge in [0.1, 0.15) is 11.6 Å². The molecule has 3 rings (SSSR count). The summed E-state index contributed by atoms with van der Waals surface area (Å²) in [5.74, 6) is 1.05. The first-order valence-electron chi connectivity index (χ1n) is 11.4. The average Bonchev–Trinajstić information content (AvgIpc) is 2.83. The van der Waals surface area contributed by atoms with Crippen molar-refractivity contribution in [2.24, 2.45) is 5.92 Å². The number of para-hydroxylation sites is 1. The third-order valence-electron chi connectivity index (χ3n) is 5.65. The van der Waals surface area contributed by atoms with E-state index in [0.29, 0.717) is 35.5 Å². The fraction of sp³-hybridized carbons (Fsp3) is 0.440. The topological polar surface area (TPSA) is 90.7 Å². The molecule has 0 spiro atoms. The Morgan fingerprint density at radius 1 is 1.06 bits per heavy atom. The second-order valence-corrected chi connectivity index (χ2v) is 10.4. The zero-order valence-corrected chi connectivity index (χ0v) is 21.2. The molecule has 0 N–H and O–H groups in total. The highest BCUT2D eigenvalue weighted by Crippen LogP contribution is 2.31. The fourth-order valence-corrected chi connectivity index (χ4v) is 5.81. The van der Waals surface area contributed by atoms with E-state index in [-0.39, 0.29) is 29.5 Å². The molecule has 0 radical (unpaired) electrons. The molecule has 8 nitrogen and oxygen atoms in total. The van der Waals surface area contributed by atoms with Gasteiger partial charge in [0.25, 0.3) is 5.56 Å². The van der Waals surface area contributed by atoms with Crippen LogP contribution in [0.25, 0.3) is 10.9 Å². The smallest absolute Gasteiger partial charge is 0.261 e. The molecule has 0 bridgehead atoms. The number of sulfonamides is 1. The predicted octanol–water partition coefficient (Wildman–Crippen LogP) is 3.85. The van der Waals surface area contributed by atoms with E-state index in [1.54, 1.807) is 54.1 Å². The van der Waals surface area contributed by atoms with Crippen molar-refractivity contribution in [3.8, 4) is 5.75 Å². The van der Waals surface area contributed by atoms with Gasteiger partial charge >= 0.3 is 0 Å². The molecule has 3 aromatic rings. The summed E-state index contributed by atoms with van der Waals surface area (Å²) in [6.45, 7) is 6.70. The lowest BCUT2D eigenvalue weighted by atomic mass is 10.1. The van der Waals surface area contributed by atoms with Crippen molar-refractivity contribution < 1.29 is 17.9 Å². The molecule has 0 saturated heterocycles. The third kappa shape index (κ3) is 5.32. The third-order valence-corrected chi connectivity index (χ3v) is 7.54. The van der Waals surface area contributed by atoms with Crippen LogP contribution in [0.2, 0.25) is 0 Å². The number of nitrogens with zero attached hydrogens (tertiary/aromatic N) is 3. The van der Waals surface area contributed by atoms with E-state index in [2.05, 4.69) is 0 Å². The minimum absolute atomic E-state index is 0.0571. The molecule has 9 heteroatoms. The molecule has 1 aromatic heterocycles. The molecule has 0 aliphatic heterocycles. The molecule has 0 saturated carbocycles. The number of aromatic nitrogens is 2. The van der Waals surface area contributed by atoms with Crippen LogP contribution in [0.5, 0.6) is 5.75 Å². The van der Waals surface area contributed by atoms with Crippen molar-refractivity contribution in [3.05, 3.63) is 64.7 Å². The SMILES string of the molecule is CCC(c1nc2ccccc2c(=O)n1CCOC)N(CC(C)C)S(=O)(=O)c1ccc(OC)cc1. The van der Waals surface area contributed by atoms with Crippen LogP contribution in [0.1, 0.15) is 39.1 Å². The van der Waals surface area contributed by atoms with Gasteiger partial charge in [-0.3, -0.25) is 9.36 Å². The molecule has 1 heterocycles. The van der Waals surface area contributed by atoms with E-state index in [1.165, 1.54) is 11.4 Å². The van der Waals surface area contributed by atoms with Crippen molar-refractivity contribution in [3.63, 3.8) is 0 Å². The highest BCUT2D eigenvalue weighted by Gasteiger charge is 2.35. The van der Waals surface area contributed by atoms with Crippen LogP contribution < -0.4 is 10.3 Å². The first-order valence-corrected chi connectivity index (χ1v) is 12.8. The van der Waals surface area contributed by atoms with Gasteiger partial charge in [-0.15, -0.1) is 0 Å². The lowest BCUT2D eigenvalue weighted by Gasteiger charge is -2.32. The predicted molar refractivity (Wildman–Crippen MR) is 133 cm³/mol. The number of fused-ring (bicyclic) bond motifs is 1. The van der Waals surface area contributed by atoms with Crippen LogP contribution in [0.15, 0.2) is 58.2 Å². The maximum Gasteiger partial charge on any atom is 0.261 e. The summed E-state index contributed by atoms with van der Waals surface area (Å²) in [6.07, 6.45) is 0.444. The molecule has 34 heavy (non-hydrogen) atoms.